The standard InChI is InChI=1S/C16H18N4O2S/c1-11(2)17-16-14-9-8-12(10-15(14)18-19-16)20-23(21,22)13-6-4-3-5-7-13/h3-11,20H,1-2H3,(H2,17,18,19). The van der Waals surface area contributed by atoms with E-state index < -0.39 is 10.0 Å². The van der Waals surface area contributed by atoms with Crippen molar-refractivity contribution in [3.63, 3.8) is 0 Å². The molecule has 0 radical (unpaired) electrons. The van der Waals surface area contributed by atoms with E-state index in [9.17, 15) is 8.42 Å². The van der Waals surface area contributed by atoms with E-state index >= 15 is 0 Å². The molecule has 0 fully saturated rings. The quantitative estimate of drug-likeness (QED) is 0.670. The molecule has 1 aromatic heterocycles. The molecular formula is C16H18N4O2S. The number of aromatic nitrogens is 2. The smallest absolute Gasteiger partial charge is 0.261 e. The fraction of sp³-hybridized carbons (Fsp3) is 0.188. The number of rotatable bonds is 5. The van der Waals surface area contributed by atoms with Gasteiger partial charge in [-0.3, -0.25) is 9.82 Å². The first-order chi connectivity index (χ1) is 11.0. The van der Waals surface area contributed by atoms with Crippen molar-refractivity contribution in [2.45, 2.75) is 24.8 Å². The van der Waals surface area contributed by atoms with Gasteiger partial charge in [0, 0.05) is 11.4 Å². The monoisotopic (exact) mass is 330 g/mol. The first-order valence-corrected chi connectivity index (χ1v) is 8.76. The molecule has 0 atom stereocenters. The van der Waals surface area contributed by atoms with E-state index in [0.717, 1.165) is 16.7 Å². The molecular weight excluding hydrogens is 312 g/mol. The number of sulfonamides is 1. The highest BCUT2D eigenvalue weighted by Gasteiger charge is 2.14. The number of nitrogens with zero attached hydrogens (tertiary/aromatic N) is 1. The van der Waals surface area contributed by atoms with Crippen LogP contribution < -0.4 is 10.0 Å². The van der Waals surface area contributed by atoms with Crippen LogP contribution in [0.25, 0.3) is 10.9 Å². The zero-order valence-electron chi connectivity index (χ0n) is 12.9. The fourth-order valence-corrected chi connectivity index (χ4v) is 3.35. The molecule has 3 N–H and O–H groups in total. The molecule has 0 bridgehead atoms. The van der Waals surface area contributed by atoms with Crippen LogP contribution in [0.15, 0.2) is 53.4 Å². The number of fused-ring (bicyclic) bond motifs is 1. The highest BCUT2D eigenvalue weighted by atomic mass is 32.2. The molecule has 0 saturated heterocycles. The van der Waals surface area contributed by atoms with Crippen molar-refractivity contribution in [1.29, 1.82) is 0 Å². The van der Waals surface area contributed by atoms with Crippen LogP contribution in [0.2, 0.25) is 0 Å². The molecule has 1 heterocycles. The average Bonchev–Trinajstić information content (AvgIpc) is 2.89. The summed E-state index contributed by atoms with van der Waals surface area (Å²) in [6.07, 6.45) is 0. The van der Waals surface area contributed by atoms with Gasteiger partial charge >= 0.3 is 0 Å². The minimum atomic E-state index is -3.59. The van der Waals surface area contributed by atoms with Gasteiger partial charge in [0.05, 0.1) is 16.1 Å². The fourth-order valence-electron chi connectivity index (χ4n) is 2.28. The molecule has 6 nitrogen and oxygen atoms in total. The van der Waals surface area contributed by atoms with Crippen molar-refractivity contribution in [2.75, 3.05) is 10.0 Å². The zero-order chi connectivity index (χ0) is 16.4. The summed E-state index contributed by atoms with van der Waals surface area (Å²) in [5.74, 6) is 0.757. The molecule has 0 unspecified atom stereocenters. The Bertz CT molecular complexity index is 918. The Balaban J connectivity index is 1.90. The van der Waals surface area contributed by atoms with Crippen LogP contribution in [0.5, 0.6) is 0 Å². The Kier molecular flexibility index (Phi) is 3.96. The predicted molar refractivity (Wildman–Crippen MR) is 92.1 cm³/mol. The molecule has 120 valence electrons. The van der Waals surface area contributed by atoms with Crippen molar-refractivity contribution in [2.24, 2.45) is 0 Å². The first-order valence-electron chi connectivity index (χ1n) is 7.28. The molecule has 7 heteroatoms. The van der Waals surface area contributed by atoms with E-state index in [0.29, 0.717) is 5.69 Å². The molecule has 3 aromatic rings. The van der Waals surface area contributed by atoms with E-state index in [-0.39, 0.29) is 10.9 Å². The maximum atomic E-state index is 12.3. The summed E-state index contributed by atoms with van der Waals surface area (Å²) in [6, 6.07) is 13.8. The average molecular weight is 330 g/mol. The Hall–Kier alpha value is -2.54. The SMILES string of the molecule is CC(C)Nc1n[nH]c2cc(NS(=O)(=O)c3ccccc3)ccc12. The highest BCUT2D eigenvalue weighted by molar-refractivity contribution is 7.92. The van der Waals surface area contributed by atoms with Crippen molar-refractivity contribution < 1.29 is 8.42 Å². The summed E-state index contributed by atoms with van der Waals surface area (Å²) in [4.78, 5) is 0.229. The topological polar surface area (TPSA) is 86.9 Å². The molecule has 0 aliphatic rings. The lowest BCUT2D eigenvalue weighted by molar-refractivity contribution is 0.601. The van der Waals surface area contributed by atoms with Gasteiger partial charge in [-0.05, 0) is 44.2 Å². The molecule has 0 spiro atoms. The number of benzene rings is 2. The van der Waals surface area contributed by atoms with Crippen LogP contribution in [0.4, 0.5) is 11.5 Å². The molecule has 3 rings (SSSR count). The second-order valence-electron chi connectivity index (χ2n) is 5.55. The van der Waals surface area contributed by atoms with Crippen molar-refractivity contribution in [3.05, 3.63) is 48.5 Å². The van der Waals surface area contributed by atoms with Gasteiger partial charge in [-0.25, -0.2) is 8.42 Å². The molecule has 23 heavy (non-hydrogen) atoms. The number of aromatic amines is 1. The van der Waals surface area contributed by atoms with E-state index in [2.05, 4.69) is 20.2 Å². The van der Waals surface area contributed by atoms with Crippen LogP contribution >= 0.6 is 0 Å². The van der Waals surface area contributed by atoms with Crippen molar-refractivity contribution >= 4 is 32.4 Å². The molecule has 0 amide bonds. The number of H-pyrrole nitrogens is 1. The number of hydrogen-bond donors (Lipinski definition) is 3. The largest absolute Gasteiger partial charge is 0.366 e. The third-order valence-electron chi connectivity index (χ3n) is 3.29. The van der Waals surface area contributed by atoms with E-state index in [1.807, 2.05) is 19.9 Å². The van der Waals surface area contributed by atoms with Crippen molar-refractivity contribution in [1.82, 2.24) is 10.2 Å². The van der Waals surface area contributed by atoms with E-state index in [1.54, 1.807) is 42.5 Å². The molecule has 0 aliphatic heterocycles. The summed E-state index contributed by atoms with van der Waals surface area (Å²) in [5.41, 5.74) is 1.25. The van der Waals surface area contributed by atoms with Gasteiger partial charge in [0.1, 0.15) is 0 Å². The van der Waals surface area contributed by atoms with Crippen LogP contribution in [0, 0.1) is 0 Å². The second-order valence-corrected chi connectivity index (χ2v) is 7.23. The molecule has 0 aliphatic carbocycles. The van der Waals surface area contributed by atoms with Crippen LogP contribution in [0.1, 0.15) is 13.8 Å². The summed E-state index contributed by atoms with van der Waals surface area (Å²) >= 11 is 0. The Morgan fingerprint density at radius 2 is 1.83 bits per heavy atom. The van der Waals surface area contributed by atoms with Gasteiger partial charge in [-0.15, -0.1) is 0 Å². The molecule has 0 saturated carbocycles. The molecule has 2 aromatic carbocycles. The van der Waals surface area contributed by atoms with Gasteiger partial charge in [-0.2, -0.15) is 5.10 Å². The second kappa shape index (κ2) is 5.92. The van der Waals surface area contributed by atoms with Gasteiger partial charge in [0.2, 0.25) is 0 Å². The lowest BCUT2D eigenvalue weighted by atomic mass is 10.2. The normalized spacial score (nSPS) is 11.8. The summed E-state index contributed by atoms with van der Waals surface area (Å²) in [5, 5.41) is 11.3. The van der Waals surface area contributed by atoms with Crippen LogP contribution in [-0.2, 0) is 10.0 Å². The summed E-state index contributed by atoms with van der Waals surface area (Å²) in [6.45, 7) is 4.06. The van der Waals surface area contributed by atoms with Crippen LogP contribution in [0.3, 0.4) is 0 Å². The number of anilines is 2. The number of nitrogens with one attached hydrogen (secondary N) is 3. The van der Waals surface area contributed by atoms with E-state index in [1.165, 1.54) is 0 Å². The maximum Gasteiger partial charge on any atom is 0.261 e. The minimum absolute atomic E-state index is 0.229. The maximum absolute atomic E-state index is 12.3. The summed E-state index contributed by atoms with van der Waals surface area (Å²) < 4.78 is 27.3. The highest BCUT2D eigenvalue weighted by Crippen LogP contribution is 2.25. The Morgan fingerprint density at radius 1 is 1.09 bits per heavy atom. The summed E-state index contributed by atoms with van der Waals surface area (Å²) in [7, 11) is -3.59. The van der Waals surface area contributed by atoms with Gasteiger partial charge in [-0.1, -0.05) is 18.2 Å². The van der Waals surface area contributed by atoms with E-state index in [4.69, 9.17) is 0 Å². The Morgan fingerprint density at radius 3 is 2.52 bits per heavy atom. The zero-order valence-corrected chi connectivity index (χ0v) is 13.7. The van der Waals surface area contributed by atoms with Gasteiger partial charge in [0.15, 0.2) is 5.82 Å². The third-order valence-corrected chi connectivity index (χ3v) is 4.69. The van der Waals surface area contributed by atoms with Crippen molar-refractivity contribution in [3.8, 4) is 0 Å². The first kappa shape index (κ1) is 15.4. The third kappa shape index (κ3) is 3.29. The Labute approximate surface area is 135 Å². The van der Waals surface area contributed by atoms with Gasteiger partial charge < -0.3 is 5.32 Å². The lowest BCUT2D eigenvalue weighted by Gasteiger charge is -2.09. The minimum Gasteiger partial charge on any atom is -0.366 e. The van der Waals surface area contributed by atoms with Gasteiger partial charge in [0.25, 0.3) is 10.0 Å². The number of hydrogen-bond acceptors (Lipinski definition) is 4. The lowest BCUT2D eigenvalue weighted by Crippen LogP contribution is -2.12. The predicted octanol–water partition coefficient (Wildman–Crippen LogP) is 3.18. The van der Waals surface area contributed by atoms with Crippen LogP contribution in [-0.4, -0.2) is 24.7 Å².